The Kier molecular flexibility index (Phi) is 4.37. The van der Waals surface area contributed by atoms with E-state index in [1.54, 1.807) is 0 Å². The number of carbonyl (C=O) groups is 1. The number of rotatable bonds is 5. The van der Waals surface area contributed by atoms with Crippen molar-refractivity contribution in [3.05, 3.63) is 35.9 Å². The van der Waals surface area contributed by atoms with Crippen LogP contribution in [0, 0.1) is 5.92 Å². The minimum Gasteiger partial charge on any atom is -0.303 e. The van der Waals surface area contributed by atoms with Crippen LogP contribution >= 0.6 is 0 Å². The molecule has 3 heteroatoms. The first kappa shape index (κ1) is 14.3. The molecule has 0 bridgehead atoms. The van der Waals surface area contributed by atoms with Gasteiger partial charge in [-0.05, 0) is 43.7 Å². The van der Waals surface area contributed by atoms with Gasteiger partial charge >= 0.3 is 0 Å². The lowest BCUT2D eigenvalue weighted by molar-refractivity contribution is 0.112. The van der Waals surface area contributed by atoms with E-state index in [0.29, 0.717) is 11.6 Å². The average Bonchev–Trinajstić information content (AvgIpc) is 2.92. The van der Waals surface area contributed by atoms with Crippen molar-refractivity contribution in [1.82, 2.24) is 9.38 Å². The molecular weight excluding hydrogens is 260 g/mol. The quantitative estimate of drug-likeness (QED) is 0.751. The zero-order valence-electron chi connectivity index (χ0n) is 12.8. The Balaban J connectivity index is 1.78. The normalized spacial score (nSPS) is 22.5. The molecule has 0 amide bonds. The van der Waals surface area contributed by atoms with Crippen molar-refractivity contribution in [3.63, 3.8) is 0 Å². The Morgan fingerprint density at radius 3 is 2.81 bits per heavy atom. The summed E-state index contributed by atoms with van der Waals surface area (Å²) in [6.07, 6.45) is 12.0. The van der Waals surface area contributed by atoms with Crippen LogP contribution in [0.1, 0.15) is 74.1 Å². The van der Waals surface area contributed by atoms with Gasteiger partial charge in [0.05, 0.1) is 5.52 Å². The second kappa shape index (κ2) is 6.42. The fourth-order valence-corrected chi connectivity index (χ4v) is 3.66. The van der Waals surface area contributed by atoms with Crippen molar-refractivity contribution in [3.8, 4) is 0 Å². The van der Waals surface area contributed by atoms with Crippen molar-refractivity contribution >= 4 is 11.8 Å². The summed E-state index contributed by atoms with van der Waals surface area (Å²) in [5, 5.41) is 0. The molecule has 112 valence electrons. The van der Waals surface area contributed by atoms with E-state index in [1.807, 2.05) is 24.4 Å². The average molecular weight is 284 g/mol. The summed E-state index contributed by atoms with van der Waals surface area (Å²) in [6.45, 7) is 2.27. The van der Waals surface area contributed by atoms with Crippen LogP contribution in [-0.4, -0.2) is 15.7 Å². The number of pyridine rings is 1. The summed E-state index contributed by atoms with van der Waals surface area (Å²) < 4.78 is 2.11. The lowest BCUT2D eigenvalue weighted by atomic mass is 9.79. The predicted molar refractivity (Wildman–Crippen MR) is 84.8 cm³/mol. The number of aromatic nitrogens is 2. The number of hydrogen-bond donors (Lipinski definition) is 0. The third-order valence-corrected chi connectivity index (χ3v) is 4.89. The second-order valence-corrected chi connectivity index (χ2v) is 6.29. The zero-order chi connectivity index (χ0) is 14.7. The molecule has 21 heavy (non-hydrogen) atoms. The lowest BCUT2D eigenvalue weighted by Gasteiger charge is -2.27. The molecule has 0 unspecified atom stereocenters. The highest BCUT2D eigenvalue weighted by atomic mass is 16.1. The summed E-state index contributed by atoms with van der Waals surface area (Å²) >= 11 is 0. The zero-order valence-corrected chi connectivity index (χ0v) is 12.8. The topological polar surface area (TPSA) is 34.4 Å². The molecule has 2 aromatic heterocycles. The van der Waals surface area contributed by atoms with E-state index in [9.17, 15) is 4.79 Å². The number of aldehydes is 1. The van der Waals surface area contributed by atoms with Crippen LogP contribution < -0.4 is 0 Å². The van der Waals surface area contributed by atoms with Gasteiger partial charge in [0, 0.05) is 12.1 Å². The number of imidazole rings is 1. The Morgan fingerprint density at radius 1 is 1.29 bits per heavy atom. The monoisotopic (exact) mass is 284 g/mol. The van der Waals surface area contributed by atoms with E-state index in [4.69, 9.17) is 0 Å². The van der Waals surface area contributed by atoms with E-state index in [0.717, 1.165) is 23.5 Å². The Bertz CT molecular complexity index is 609. The predicted octanol–water partition coefficient (Wildman–Crippen LogP) is 4.61. The molecule has 0 aliphatic heterocycles. The third kappa shape index (κ3) is 2.87. The van der Waals surface area contributed by atoms with Crippen molar-refractivity contribution in [2.45, 2.75) is 57.8 Å². The number of nitrogens with zero attached hydrogens (tertiary/aromatic N) is 2. The van der Waals surface area contributed by atoms with Crippen molar-refractivity contribution in [2.75, 3.05) is 0 Å². The molecule has 3 rings (SSSR count). The van der Waals surface area contributed by atoms with E-state index in [-0.39, 0.29) is 0 Å². The first-order valence-corrected chi connectivity index (χ1v) is 8.25. The fourth-order valence-electron chi connectivity index (χ4n) is 3.66. The maximum atomic E-state index is 11.2. The van der Waals surface area contributed by atoms with Gasteiger partial charge in [-0.2, -0.15) is 0 Å². The summed E-state index contributed by atoms with van der Waals surface area (Å²) in [5.41, 5.74) is 1.52. The van der Waals surface area contributed by atoms with Crippen LogP contribution in [0.5, 0.6) is 0 Å². The minimum absolute atomic E-state index is 0.506. The molecule has 2 heterocycles. The van der Waals surface area contributed by atoms with Crippen molar-refractivity contribution < 1.29 is 4.79 Å². The standard InChI is InChI=1S/C18H24N2O/c1-2-3-6-14-8-10-15(11-9-14)18-19-16(13-21)17-7-4-5-12-20(17)18/h4-5,7,12-15H,2-3,6,8-11H2,1H3. The van der Waals surface area contributed by atoms with E-state index in [2.05, 4.69) is 16.3 Å². The van der Waals surface area contributed by atoms with Gasteiger partial charge in [0.25, 0.3) is 0 Å². The summed E-state index contributed by atoms with van der Waals surface area (Å²) in [4.78, 5) is 15.8. The maximum Gasteiger partial charge on any atom is 0.170 e. The third-order valence-electron chi connectivity index (χ3n) is 4.89. The molecule has 0 N–H and O–H groups in total. The Morgan fingerprint density at radius 2 is 2.10 bits per heavy atom. The SMILES string of the molecule is CCCCC1CCC(c2nc(C=O)c3ccccn23)CC1. The first-order valence-electron chi connectivity index (χ1n) is 8.25. The molecule has 0 aromatic carbocycles. The Labute approximate surface area is 126 Å². The van der Waals surface area contributed by atoms with E-state index < -0.39 is 0 Å². The molecule has 1 fully saturated rings. The smallest absolute Gasteiger partial charge is 0.170 e. The highest BCUT2D eigenvalue weighted by molar-refractivity contribution is 5.83. The lowest BCUT2D eigenvalue weighted by Crippen LogP contribution is -2.15. The molecule has 3 nitrogen and oxygen atoms in total. The molecule has 0 atom stereocenters. The van der Waals surface area contributed by atoms with Crippen LogP contribution in [-0.2, 0) is 0 Å². The number of fused-ring (bicyclic) bond motifs is 1. The van der Waals surface area contributed by atoms with Crippen molar-refractivity contribution in [2.24, 2.45) is 5.92 Å². The maximum absolute atomic E-state index is 11.2. The highest BCUT2D eigenvalue weighted by Gasteiger charge is 2.25. The van der Waals surface area contributed by atoms with Crippen LogP contribution in [0.4, 0.5) is 0 Å². The van der Waals surface area contributed by atoms with Crippen LogP contribution in [0.15, 0.2) is 24.4 Å². The van der Waals surface area contributed by atoms with Crippen molar-refractivity contribution in [1.29, 1.82) is 0 Å². The molecule has 1 aliphatic carbocycles. The molecule has 1 aliphatic rings. The largest absolute Gasteiger partial charge is 0.303 e. The summed E-state index contributed by atoms with van der Waals surface area (Å²) in [7, 11) is 0. The second-order valence-electron chi connectivity index (χ2n) is 6.29. The van der Waals surface area contributed by atoms with Gasteiger partial charge in [-0.1, -0.05) is 32.3 Å². The number of unbranched alkanes of at least 4 members (excludes halogenated alkanes) is 1. The Hall–Kier alpha value is -1.64. The molecule has 1 saturated carbocycles. The van der Waals surface area contributed by atoms with Crippen LogP contribution in [0.2, 0.25) is 0 Å². The van der Waals surface area contributed by atoms with E-state index in [1.165, 1.54) is 44.9 Å². The number of carbonyl (C=O) groups excluding carboxylic acids is 1. The number of hydrogen-bond acceptors (Lipinski definition) is 2. The van der Waals surface area contributed by atoms with Gasteiger partial charge in [0.15, 0.2) is 6.29 Å². The summed E-state index contributed by atoms with van der Waals surface area (Å²) in [5.74, 6) is 2.49. The van der Waals surface area contributed by atoms with Gasteiger partial charge < -0.3 is 4.40 Å². The molecule has 0 radical (unpaired) electrons. The van der Waals surface area contributed by atoms with Gasteiger partial charge in [0.2, 0.25) is 0 Å². The van der Waals surface area contributed by atoms with Gasteiger partial charge in [0.1, 0.15) is 11.5 Å². The van der Waals surface area contributed by atoms with E-state index >= 15 is 0 Å². The molecular formula is C18H24N2O. The molecule has 2 aromatic rings. The van der Waals surface area contributed by atoms with Crippen LogP contribution in [0.3, 0.4) is 0 Å². The minimum atomic E-state index is 0.506. The summed E-state index contributed by atoms with van der Waals surface area (Å²) in [6, 6.07) is 5.96. The highest BCUT2D eigenvalue weighted by Crippen LogP contribution is 2.37. The van der Waals surface area contributed by atoms with Gasteiger partial charge in [-0.3, -0.25) is 4.79 Å². The first-order chi connectivity index (χ1) is 10.3. The van der Waals surface area contributed by atoms with Gasteiger partial charge in [-0.25, -0.2) is 4.98 Å². The van der Waals surface area contributed by atoms with Crippen LogP contribution in [0.25, 0.3) is 5.52 Å². The molecule has 0 spiro atoms. The van der Waals surface area contributed by atoms with Gasteiger partial charge in [-0.15, -0.1) is 0 Å². The molecule has 0 saturated heterocycles. The fraction of sp³-hybridized carbons (Fsp3) is 0.556.